The Morgan fingerprint density at radius 2 is 1.88 bits per heavy atom. The fraction of sp³-hybridized carbons (Fsp3) is 0.300. The van der Waals surface area contributed by atoms with E-state index in [1.807, 2.05) is 54.6 Å². The summed E-state index contributed by atoms with van der Waals surface area (Å²) < 4.78 is 5.42. The molecule has 1 amide bonds. The average molecular weight is 336 g/mol. The summed E-state index contributed by atoms with van der Waals surface area (Å²) in [5.74, 6) is -0.371. The van der Waals surface area contributed by atoms with Gasteiger partial charge in [0.15, 0.2) is 0 Å². The lowest BCUT2D eigenvalue weighted by Gasteiger charge is -2.27. The number of amides is 1. The second-order valence-corrected chi connectivity index (χ2v) is 6.53. The Morgan fingerprint density at radius 3 is 2.68 bits per heavy atom. The van der Waals surface area contributed by atoms with E-state index in [1.165, 1.54) is 0 Å². The zero-order valence-corrected chi connectivity index (χ0v) is 14.1. The molecule has 2 heterocycles. The molecular weight excluding hydrogens is 316 g/mol. The largest absolute Gasteiger partial charge is 0.459 e. The standard InChI is InChI=1S/C20H20N2O3/c1-14(20(24)25-13-15-7-3-2-4-8-15)21-11-16-9-5-6-10-17(16)22-12-18(22)19(21)23/h2-10,14,18H,11-13H2,1H3/t14-,18+,22?/m0/s1. The van der Waals surface area contributed by atoms with Crippen LogP contribution in [-0.2, 0) is 27.5 Å². The summed E-state index contributed by atoms with van der Waals surface area (Å²) in [7, 11) is 0. The van der Waals surface area contributed by atoms with Crippen LogP contribution in [-0.4, -0.2) is 35.4 Å². The van der Waals surface area contributed by atoms with Gasteiger partial charge in [-0.2, -0.15) is 0 Å². The molecule has 128 valence electrons. The van der Waals surface area contributed by atoms with E-state index in [9.17, 15) is 9.59 Å². The molecule has 2 aromatic carbocycles. The number of carbonyl (C=O) groups is 2. The van der Waals surface area contributed by atoms with E-state index in [-0.39, 0.29) is 24.5 Å². The van der Waals surface area contributed by atoms with Crippen molar-refractivity contribution >= 4 is 17.6 Å². The first-order chi connectivity index (χ1) is 12.1. The van der Waals surface area contributed by atoms with Gasteiger partial charge in [0.05, 0.1) is 0 Å². The third kappa shape index (κ3) is 2.97. The molecule has 25 heavy (non-hydrogen) atoms. The Morgan fingerprint density at radius 1 is 1.16 bits per heavy atom. The van der Waals surface area contributed by atoms with Gasteiger partial charge in [-0.05, 0) is 24.1 Å². The summed E-state index contributed by atoms with van der Waals surface area (Å²) in [5, 5.41) is 0. The highest BCUT2D eigenvalue weighted by Crippen LogP contribution is 2.36. The molecule has 1 saturated heterocycles. The molecule has 0 bridgehead atoms. The molecule has 2 atom stereocenters. The fourth-order valence-electron chi connectivity index (χ4n) is 3.30. The number of nitrogens with zero attached hydrogens (tertiary/aromatic N) is 2. The lowest BCUT2D eigenvalue weighted by Crippen LogP contribution is -2.45. The SMILES string of the molecule is C[C@@H](C(=O)OCc1ccccc1)N1Cc2ccccc2N2C[C@@H]2C1=O. The molecule has 0 spiro atoms. The fourth-order valence-corrected chi connectivity index (χ4v) is 3.30. The number of benzene rings is 2. The number of hydrogen-bond acceptors (Lipinski definition) is 4. The third-order valence-electron chi connectivity index (χ3n) is 4.85. The van der Waals surface area contributed by atoms with Crippen LogP contribution in [0.3, 0.4) is 0 Å². The lowest BCUT2D eigenvalue weighted by atomic mass is 10.1. The van der Waals surface area contributed by atoms with Crippen molar-refractivity contribution in [3.8, 4) is 0 Å². The highest BCUT2D eigenvalue weighted by atomic mass is 16.5. The predicted octanol–water partition coefficient (Wildman–Crippen LogP) is 2.35. The number of fused-ring (bicyclic) bond motifs is 3. The maximum absolute atomic E-state index is 12.8. The lowest BCUT2D eigenvalue weighted by molar-refractivity contribution is -0.155. The minimum absolute atomic E-state index is 0.000334. The summed E-state index contributed by atoms with van der Waals surface area (Å²) >= 11 is 0. The molecule has 0 unspecified atom stereocenters. The summed E-state index contributed by atoms with van der Waals surface area (Å²) in [6, 6.07) is 16.8. The van der Waals surface area contributed by atoms with E-state index in [2.05, 4.69) is 4.90 Å². The van der Waals surface area contributed by atoms with Crippen LogP contribution in [0.1, 0.15) is 18.1 Å². The summed E-state index contributed by atoms with van der Waals surface area (Å²) in [5.41, 5.74) is 3.09. The average Bonchev–Trinajstić information content (AvgIpc) is 3.45. The second kappa shape index (κ2) is 6.24. The van der Waals surface area contributed by atoms with Gasteiger partial charge in [0, 0.05) is 18.8 Å². The van der Waals surface area contributed by atoms with Crippen LogP contribution in [0.5, 0.6) is 0 Å². The summed E-state index contributed by atoms with van der Waals surface area (Å²) in [6.07, 6.45) is 0. The zero-order valence-electron chi connectivity index (χ0n) is 14.1. The van der Waals surface area contributed by atoms with Crippen molar-refractivity contribution in [3.05, 3.63) is 65.7 Å². The third-order valence-corrected chi connectivity index (χ3v) is 4.85. The Bertz CT molecular complexity index is 806. The quantitative estimate of drug-likeness (QED) is 0.635. The molecule has 1 fully saturated rings. The van der Waals surface area contributed by atoms with Gasteiger partial charge in [0.25, 0.3) is 0 Å². The van der Waals surface area contributed by atoms with Crippen molar-refractivity contribution in [2.45, 2.75) is 32.2 Å². The number of para-hydroxylation sites is 1. The van der Waals surface area contributed by atoms with Crippen LogP contribution in [0.15, 0.2) is 54.6 Å². The molecule has 2 aliphatic heterocycles. The van der Waals surface area contributed by atoms with Crippen LogP contribution < -0.4 is 4.90 Å². The Balaban J connectivity index is 1.48. The molecule has 5 heteroatoms. The monoisotopic (exact) mass is 336 g/mol. The Labute approximate surface area is 146 Å². The smallest absolute Gasteiger partial charge is 0.328 e. The first kappa shape index (κ1) is 15.7. The minimum atomic E-state index is -0.607. The molecule has 0 N–H and O–H groups in total. The highest BCUT2D eigenvalue weighted by Gasteiger charge is 2.47. The topological polar surface area (TPSA) is 49.6 Å². The van der Waals surface area contributed by atoms with Gasteiger partial charge < -0.3 is 14.5 Å². The first-order valence-electron chi connectivity index (χ1n) is 8.51. The van der Waals surface area contributed by atoms with E-state index in [0.717, 1.165) is 23.4 Å². The number of carbonyl (C=O) groups excluding carboxylic acids is 2. The van der Waals surface area contributed by atoms with Crippen molar-refractivity contribution in [2.24, 2.45) is 0 Å². The first-order valence-corrected chi connectivity index (χ1v) is 8.51. The number of rotatable bonds is 4. The zero-order chi connectivity index (χ0) is 17.4. The van der Waals surface area contributed by atoms with Crippen LogP contribution in [0.4, 0.5) is 5.69 Å². The number of esters is 1. The highest BCUT2D eigenvalue weighted by molar-refractivity contribution is 5.95. The summed E-state index contributed by atoms with van der Waals surface area (Å²) in [6.45, 7) is 3.12. The molecule has 2 aromatic rings. The van der Waals surface area contributed by atoms with Crippen LogP contribution >= 0.6 is 0 Å². The maximum Gasteiger partial charge on any atom is 0.328 e. The molecular formula is C20H20N2O3. The maximum atomic E-state index is 12.8. The van der Waals surface area contributed by atoms with Gasteiger partial charge in [-0.15, -0.1) is 0 Å². The molecule has 0 saturated carbocycles. The van der Waals surface area contributed by atoms with Gasteiger partial charge in [-0.1, -0.05) is 48.5 Å². The second-order valence-electron chi connectivity index (χ2n) is 6.53. The van der Waals surface area contributed by atoms with Gasteiger partial charge in [-0.3, -0.25) is 4.79 Å². The number of hydrogen-bond donors (Lipinski definition) is 0. The van der Waals surface area contributed by atoms with Gasteiger partial charge >= 0.3 is 5.97 Å². The van der Waals surface area contributed by atoms with Crippen molar-refractivity contribution < 1.29 is 14.3 Å². The Hall–Kier alpha value is -2.82. The molecule has 2 aliphatic rings. The summed E-state index contributed by atoms with van der Waals surface area (Å²) in [4.78, 5) is 29.0. The van der Waals surface area contributed by atoms with Gasteiger partial charge in [0.1, 0.15) is 18.7 Å². The van der Waals surface area contributed by atoms with Crippen molar-refractivity contribution in [1.29, 1.82) is 0 Å². The van der Waals surface area contributed by atoms with Crippen LogP contribution in [0.25, 0.3) is 0 Å². The Kier molecular flexibility index (Phi) is 3.92. The van der Waals surface area contributed by atoms with Crippen molar-refractivity contribution in [3.63, 3.8) is 0 Å². The van der Waals surface area contributed by atoms with E-state index < -0.39 is 6.04 Å². The van der Waals surface area contributed by atoms with E-state index in [1.54, 1.807) is 11.8 Å². The molecule has 0 aliphatic carbocycles. The predicted molar refractivity (Wildman–Crippen MR) is 93.8 cm³/mol. The van der Waals surface area contributed by atoms with Crippen LogP contribution in [0, 0.1) is 0 Å². The van der Waals surface area contributed by atoms with E-state index in [0.29, 0.717) is 6.54 Å². The molecule has 0 radical (unpaired) electrons. The van der Waals surface area contributed by atoms with Gasteiger partial charge in [-0.25, -0.2) is 4.79 Å². The van der Waals surface area contributed by atoms with Crippen LogP contribution in [0.2, 0.25) is 0 Å². The normalized spacial score (nSPS) is 19.6. The van der Waals surface area contributed by atoms with Crippen molar-refractivity contribution in [2.75, 3.05) is 11.4 Å². The van der Waals surface area contributed by atoms with Gasteiger partial charge in [0.2, 0.25) is 5.91 Å². The number of anilines is 1. The number of ether oxygens (including phenoxy) is 1. The molecule has 5 nitrogen and oxygen atoms in total. The molecule has 0 aromatic heterocycles. The van der Waals surface area contributed by atoms with E-state index >= 15 is 0 Å². The minimum Gasteiger partial charge on any atom is -0.459 e. The van der Waals surface area contributed by atoms with E-state index in [4.69, 9.17) is 4.74 Å². The van der Waals surface area contributed by atoms with Crippen molar-refractivity contribution in [1.82, 2.24) is 4.90 Å². The molecule has 4 rings (SSSR count).